The Hall–Kier alpha value is -1.69. The van der Waals surface area contributed by atoms with Gasteiger partial charge in [-0.3, -0.25) is 9.59 Å². The van der Waals surface area contributed by atoms with Crippen LogP contribution in [-0.4, -0.2) is 17.5 Å². The average Bonchev–Trinajstić information content (AvgIpc) is 2.61. The number of hydrogen-bond acceptors (Lipinski definition) is 4. The lowest BCUT2D eigenvalue weighted by atomic mass is 10.3. The minimum Gasteiger partial charge on any atom is -0.317 e. The predicted octanol–water partition coefficient (Wildman–Crippen LogP) is 1.83. The molecule has 0 saturated heterocycles. The Morgan fingerprint density at radius 2 is 2.00 bits per heavy atom. The first-order chi connectivity index (χ1) is 7.50. The van der Waals surface area contributed by atoms with Crippen LogP contribution in [0.15, 0.2) is 16.5 Å². The topological polar surface area (TPSA) is 70.6 Å². The normalized spacial score (nSPS) is 9.44. The lowest BCUT2D eigenvalue weighted by molar-refractivity contribution is -0.114. The Bertz CT molecular complexity index is 433. The third kappa shape index (κ3) is 3.47. The number of nitrogens with zero attached hydrogens (tertiary/aromatic N) is 1. The van der Waals surface area contributed by atoms with Gasteiger partial charge in [0.1, 0.15) is 5.00 Å². The highest BCUT2D eigenvalue weighted by Gasteiger charge is 2.12. The van der Waals surface area contributed by atoms with Crippen molar-refractivity contribution in [1.82, 2.24) is 5.43 Å². The van der Waals surface area contributed by atoms with Gasteiger partial charge in [-0.05, 0) is 25.3 Å². The molecule has 0 radical (unpaired) electrons. The van der Waals surface area contributed by atoms with Crippen molar-refractivity contribution < 1.29 is 9.59 Å². The molecule has 2 N–H and O–H groups in total. The van der Waals surface area contributed by atoms with Gasteiger partial charge in [0.15, 0.2) is 0 Å². The zero-order chi connectivity index (χ0) is 12.1. The highest BCUT2D eigenvalue weighted by atomic mass is 32.1. The summed E-state index contributed by atoms with van der Waals surface area (Å²) in [4.78, 5) is 22.5. The molecule has 0 aliphatic carbocycles. The molecule has 0 aliphatic rings. The molecule has 86 valence electrons. The van der Waals surface area contributed by atoms with E-state index >= 15 is 0 Å². The molecule has 0 unspecified atom stereocenters. The summed E-state index contributed by atoms with van der Waals surface area (Å²) >= 11 is 1.30. The number of anilines is 1. The van der Waals surface area contributed by atoms with E-state index in [2.05, 4.69) is 15.8 Å². The maximum absolute atomic E-state index is 11.6. The Balaban J connectivity index is 2.79. The SMILES string of the molecule is CC(=O)Nc1sccc1C(=O)NN=C(C)C. The number of carbonyl (C=O) groups is 2. The molecule has 5 nitrogen and oxygen atoms in total. The third-order valence-corrected chi connectivity index (χ3v) is 2.41. The molecular weight excluding hydrogens is 226 g/mol. The van der Waals surface area contributed by atoms with Crippen LogP contribution in [-0.2, 0) is 4.79 Å². The van der Waals surface area contributed by atoms with Crippen molar-refractivity contribution >= 4 is 33.9 Å². The van der Waals surface area contributed by atoms with Crippen LogP contribution in [0.2, 0.25) is 0 Å². The van der Waals surface area contributed by atoms with Crippen LogP contribution in [0.3, 0.4) is 0 Å². The summed E-state index contributed by atoms with van der Waals surface area (Å²) in [7, 11) is 0. The lowest BCUT2D eigenvalue weighted by Crippen LogP contribution is -2.19. The van der Waals surface area contributed by atoms with Crippen molar-refractivity contribution in [1.29, 1.82) is 0 Å². The van der Waals surface area contributed by atoms with E-state index in [0.717, 1.165) is 5.71 Å². The van der Waals surface area contributed by atoms with E-state index < -0.39 is 0 Å². The fourth-order valence-corrected chi connectivity index (χ4v) is 1.80. The molecule has 16 heavy (non-hydrogen) atoms. The van der Waals surface area contributed by atoms with E-state index in [1.54, 1.807) is 25.3 Å². The van der Waals surface area contributed by atoms with Crippen molar-refractivity contribution in [2.45, 2.75) is 20.8 Å². The number of carbonyl (C=O) groups excluding carboxylic acids is 2. The van der Waals surface area contributed by atoms with Gasteiger partial charge in [-0.2, -0.15) is 5.10 Å². The third-order valence-electron chi connectivity index (χ3n) is 1.58. The molecule has 2 amide bonds. The summed E-state index contributed by atoms with van der Waals surface area (Å²) in [6.45, 7) is 4.96. The van der Waals surface area contributed by atoms with Crippen LogP contribution in [0.4, 0.5) is 5.00 Å². The highest BCUT2D eigenvalue weighted by molar-refractivity contribution is 7.14. The molecule has 1 rings (SSSR count). The number of thiophene rings is 1. The fraction of sp³-hybridized carbons (Fsp3) is 0.300. The maximum atomic E-state index is 11.6. The number of amides is 2. The number of hydrogen-bond donors (Lipinski definition) is 2. The first kappa shape index (κ1) is 12.4. The molecule has 1 aromatic rings. The zero-order valence-electron chi connectivity index (χ0n) is 9.33. The molecule has 0 fully saturated rings. The van der Waals surface area contributed by atoms with E-state index in [-0.39, 0.29) is 11.8 Å². The van der Waals surface area contributed by atoms with Gasteiger partial charge in [0, 0.05) is 12.6 Å². The van der Waals surface area contributed by atoms with E-state index in [1.807, 2.05) is 0 Å². The van der Waals surface area contributed by atoms with Gasteiger partial charge in [0.05, 0.1) is 5.56 Å². The van der Waals surface area contributed by atoms with Gasteiger partial charge in [-0.15, -0.1) is 11.3 Å². The standard InChI is InChI=1S/C10H13N3O2S/c1-6(2)12-13-9(15)8-4-5-16-10(8)11-7(3)14/h4-5H,1-3H3,(H,11,14)(H,13,15). The first-order valence-corrected chi connectivity index (χ1v) is 5.55. The predicted molar refractivity (Wildman–Crippen MR) is 64.9 cm³/mol. The van der Waals surface area contributed by atoms with Crippen molar-refractivity contribution in [2.24, 2.45) is 5.10 Å². The van der Waals surface area contributed by atoms with Gasteiger partial charge < -0.3 is 5.32 Å². The van der Waals surface area contributed by atoms with Crippen LogP contribution >= 0.6 is 11.3 Å². The van der Waals surface area contributed by atoms with E-state index in [9.17, 15) is 9.59 Å². The van der Waals surface area contributed by atoms with Crippen LogP contribution < -0.4 is 10.7 Å². The Labute approximate surface area is 97.5 Å². The Kier molecular flexibility index (Phi) is 4.19. The minimum absolute atomic E-state index is 0.202. The molecule has 0 aliphatic heterocycles. The van der Waals surface area contributed by atoms with Gasteiger partial charge in [0.2, 0.25) is 5.91 Å². The smallest absolute Gasteiger partial charge is 0.274 e. The number of rotatable bonds is 3. The summed E-state index contributed by atoms with van der Waals surface area (Å²) in [5.41, 5.74) is 3.58. The van der Waals surface area contributed by atoms with E-state index in [1.165, 1.54) is 18.3 Å². The lowest BCUT2D eigenvalue weighted by Gasteiger charge is -2.02. The highest BCUT2D eigenvalue weighted by Crippen LogP contribution is 2.22. The minimum atomic E-state index is -0.328. The van der Waals surface area contributed by atoms with Gasteiger partial charge in [0.25, 0.3) is 5.91 Å². The molecule has 1 heterocycles. The Morgan fingerprint density at radius 3 is 2.56 bits per heavy atom. The van der Waals surface area contributed by atoms with Crippen LogP contribution in [0.25, 0.3) is 0 Å². The summed E-state index contributed by atoms with van der Waals surface area (Å²) in [5.74, 6) is -0.530. The van der Waals surface area contributed by atoms with E-state index in [4.69, 9.17) is 0 Å². The van der Waals surface area contributed by atoms with Gasteiger partial charge in [-0.25, -0.2) is 5.43 Å². The number of hydrazone groups is 1. The summed E-state index contributed by atoms with van der Waals surface area (Å²) in [6.07, 6.45) is 0. The van der Waals surface area contributed by atoms with Crippen molar-refractivity contribution in [3.8, 4) is 0 Å². The average molecular weight is 239 g/mol. The molecule has 1 aromatic heterocycles. The maximum Gasteiger partial charge on any atom is 0.274 e. The van der Waals surface area contributed by atoms with Crippen LogP contribution in [0.1, 0.15) is 31.1 Å². The van der Waals surface area contributed by atoms with Crippen molar-refractivity contribution in [3.05, 3.63) is 17.0 Å². The van der Waals surface area contributed by atoms with Crippen LogP contribution in [0.5, 0.6) is 0 Å². The second-order valence-electron chi connectivity index (χ2n) is 3.34. The van der Waals surface area contributed by atoms with E-state index in [0.29, 0.717) is 10.6 Å². The van der Waals surface area contributed by atoms with Gasteiger partial charge in [-0.1, -0.05) is 0 Å². The second-order valence-corrected chi connectivity index (χ2v) is 4.26. The number of nitrogens with one attached hydrogen (secondary N) is 2. The summed E-state index contributed by atoms with van der Waals surface area (Å²) in [6, 6.07) is 1.64. The van der Waals surface area contributed by atoms with Crippen LogP contribution in [0, 0.1) is 0 Å². The Morgan fingerprint density at radius 1 is 1.31 bits per heavy atom. The molecular formula is C10H13N3O2S. The summed E-state index contributed by atoms with van der Waals surface area (Å²) < 4.78 is 0. The summed E-state index contributed by atoms with van der Waals surface area (Å²) in [5, 5.41) is 8.68. The first-order valence-electron chi connectivity index (χ1n) is 4.67. The van der Waals surface area contributed by atoms with Gasteiger partial charge >= 0.3 is 0 Å². The fourth-order valence-electron chi connectivity index (χ4n) is 0.968. The molecule has 0 spiro atoms. The molecule has 0 aromatic carbocycles. The quantitative estimate of drug-likeness (QED) is 0.624. The second kappa shape index (κ2) is 5.41. The monoisotopic (exact) mass is 239 g/mol. The largest absolute Gasteiger partial charge is 0.317 e. The van der Waals surface area contributed by atoms with Crippen molar-refractivity contribution in [2.75, 3.05) is 5.32 Å². The van der Waals surface area contributed by atoms with Crippen molar-refractivity contribution in [3.63, 3.8) is 0 Å². The molecule has 0 bridgehead atoms. The molecule has 0 saturated carbocycles. The zero-order valence-corrected chi connectivity index (χ0v) is 10.1. The molecule has 0 atom stereocenters. The molecule has 6 heteroatoms.